The normalized spacial score (nSPS) is 10.2. The van der Waals surface area contributed by atoms with Crippen LogP contribution in [0, 0.1) is 6.92 Å². The van der Waals surface area contributed by atoms with Crippen LogP contribution in [-0.4, -0.2) is 34.7 Å². The molecule has 0 bridgehead atoms. The van der Waals surface area contributed by atoms with E-state index in [9.17, 15) is 4.79 Å². The minimum absolute atomic E-state index is 0.294. The van der Waals surface area contributed by atoms with Gasteiger partial charge in [0.25, 0.3) is 0 Å². The number of benzene rings is 1. The zero-order valence-corrected chi connectivity index (χ0v) is 12.0. The molecule has 0 aliphatic rings. The second kappa shape index (κ2) is 6.69. The number of nitrogens with zero attached hydrogens (tertiary/aromatic N) is 2. The van der Waals surface area contributed by atoms with Gasteiger partial charge in [-0.25, -0.2) is 9.78 Å². The molecule has 0 amide bonds. The molecule has 2 rings (SSSR count). The number of aryl methyl sites for hydroxylation is 1. The molecule has 0 saturated carbocycles. The second-order valence-corrected chi connectivity index (χ2v) is 4.52. The van der Waals surface area contributed by atoms with E-state index in [1.807, 2.05) is 12.1 Å². The van der Waals surface area contributed by atoms with Crippen molar-refractivity contribution in [2.24, 2.45) is 0 Å². The first-order chi connectivity index (χ1) is 10.1. The SMILES string of the molecule is COc1cc(NCCc2ccc(C(=O)O)cc2)nc(C)n1. The van der Waals surface area contributed by atoms with Gasteiger partial charge in [0.1, 0.15) is 11.6 Å². The van der Waals surface area contributed by atoms with Crippen molar-refractivity contribution < 1.29 is 14.6 Å². The molecule has 0 aliphatic carbocycles. The monoisotopic (exact) mass is 287 g/mol. The first-order valence-corrected chi connectivity index (χ1v) is 6.54. The zero-order chi connectivity index (χ0) is 15.2. The molecule has 0 fully saturated rings. The number of aromatic nitrogens is 2. The number of ether oxygens (including phenoxy) is 1. The highest BCUT2D eigenvalue weighted by Crippen LogP contribution is 2.13. The highest BCUT2D eigenvalue weighted by atomic mass is 16.5. The minimum atomic E-state index is -0.914. The highest BCUT2D eigenvalue weighted by molar-refractivity contribution is 5.87. The third-order valence-corrected chi connectivity index (χ3v) is 2.94. The Labute approximate surface area is 122 Å². The topological polar surface area (TPSA) is 84.3 Å². The van der Waals surface area contributed by atoms with Crippen LogP contribution in [0.5, 0.6) is 5.88 Å². The van der Waals surface area contributed by atoms with Crippen LogP contribution in [0.15, 0.2) is 30.3 Å². The number of methoxy groups -OCH3 is 1. The molecule has 0 radical (unpaired) electrons. The summed E-state index contributed by atoms with van der Waals surface area (Å²) in [6, 6.07) is 8.58. The summed E-state index contributed by atoms with van der Waals surface area (Å²) in [6.45, 7) is 2.49. The van der Waals surface area contributed by atoms with Gasteiger partial charge >= 0.3 is 5.97 Å². The van der Waals surface area contributed by atoms with Crippen molar-refractivity contribution in [3.8, 4) is 5.88 Å². The van der Waals surface area contributed by atoms with Crippen LogP contribution in [0.2, 0.25) is 0 Å². The van der Waals surface area contributed by atoms with Gasteiger partial charge < -0.3 is 15.2 Å². The molecule has 6 heteroatoms. The van der Waals surface area contributed by atoms with Crippen molar-refractivity contribution in [2.45, 2.75) is 13.3 Å². The lowest BCUT2D eigenvalue weighted by molar-refractivity contribution is 0.0697. The maximum absolute atomic E-state index is 10.8. The van der Waals surface area contributed by atoms with Crippen LogP contribution < -0.4 is 10.1 Å². The fourth-order valence-electron chi connectivity index (χ4n) is 1.88. The summed E-state index contributed by atoms with van der Waals surface area (Å²) >= 11 is 0. The number of rotatable bonds is 6. The van der Waals surface area contributed by atoms with Gasteiger partial charge in [-0.3, -0.25) is 0 Å². The van der Waals surface area contributed by atoms with E-state index in [4.69, 9.17) is 9.84 Å². The van der Waals surface area contributed by atoms with E-state index in [-0.39, 0.29) is 0 Å². The van der Waals surface area contributed by atoms with Gasteiger partial charge in [0, 0.05) is 12.6 Å². The quantitative estimate of drug-likeness (QED) is 0.847. The summed E-state index contributed by atoms with van der Waals surface area (Å²) in [6.07, 6.45) is 0.769. The van der Waals surface area contributed by atoms with Crippen LogP contribution in [-0.2, 0) is 6.42 Å². The van der Waals surface area contributed by atoms with Gasteiger partial charge in [0.2, 0.25) is 5.88 Å². The van der Waals surface area contributed by atoms with E-state index in [1.165, 1.54) is 0 Å². The standard InChI is InChI=1S/C15H17N3O3/c1-10-17-13(9-14(18-10)21-2)16-8-7-11-3-5-12(6-4-11)15(19)20/h3-6,9H,7-8H2,1-2H3,(H,19,20)(H,16,17,18). The van der Waals surface area contributed by atoms with E-state index in [2.05, 4.69) is 15.3 Å². The Morgan fingerprint density at radius 3 is 2.62 bits per heavy atom. The van der Waals surface area contributed by atoms with Crippen molar-refractivity contribution in [3.63, 3.8) is 0 Å². The molecule has 0 spiro atoms. The smallest absolute Gasteiger partial charge is 0.335 e. The van der Waals surface area contributed by atoms with E-state index in [0.29, 0.717) is 29.6 Å². The lowest BCUT2D eigenvalue weighted by Crippen LogP contribution is -2.08. The fraction of sp³-hybridized carbons (Fsp3) is 0.267. The molecule has 21 heavy (non-hydrogen) atoms. The van der Waals surface area contributed by atoms with Crippen molar-refractivity contribution in [2.75, 3.05) is 19.0 Å². The van der Waals surface area contributed by atoms with Gasteiger partial charge in [-0.05, 0) is 31.0 Å². The Balaban J connectivity index is 1.92. The number of carboxylic acid groups (broad SMARTS) is 1. The molecule has 1 aromatic heterocycles. The van der Waals surface area contributed by atoms with Gasteiger partial charge in [-0.2, -0.15) is 4.98 Å². The van der Waals surface area contributed by atoms with Gasteiger partial charge in [-0.15, -0.1) is 0 Å². The molecule has 1 heterocycles. The van der Waals surface area contributed by atoms with Gasteiger partial charge in [0.05, 0.1) is 12.7 Å². The second-order valence-electron chi connectivity index (χ2n) is 4.52. The molecule has 0 saturated heterocycles. The lowest BCUT2D eigenvalue weighted by atomic mass is 10.1. The summed E-state index contributed by atoms with van der Waals surface area (Å²) in [5, 5.41) is 12.0. The number of hydrogen-bond donors (Lipinski definition) is 2. The van der Waals surface area contributed by atoms with Crippen molar-refractivity contribution in [1.29, 1.82) is 0 Å². The van der Waals surface area contributed by atoms with Gasteiger partial charge in [-0.1, -0.05) is 12.1 Å². The average molecular weight is 287 g/mol. The predicted molar refractivity (Wildman–Crippen MR) is 78.9 cm³/mol. The first-order valence-electron chi connectivity index (χ1n) is 6.54. The number of anilines is 1. The summed E-state index contributed by atoms with van der Waals surface area (Å²) in [5.41, 5.74) is 1.35. The average Bonchev–Trinajstić information content (AvgIpc) is 2.47. The van der Waals surface area contributed by atoms with E-state index in [0.717, 1.165) is 12.0 Å². The lowest BCUT2D eigenvalue weighted by Gasteiger charge is -2.08. The van der Waals surface area contributed by atoms with Crippen LogP contribution in [0.4, 0.5) is 5.82 Å². The molecule has 110 valence electrons. The zero-order valence-electron chi connectivity index (χ0n) is 12.0. The number of carbonyl (C=O) groups is 1. The molecule has 1 aromatic carbocycles. The van der Waals surface area contributed by atoms with Crippen LogP contribution in [0.25, 0.3) is 0 Å². The Bertz CT molecular complexity index is 627. The van der Waals surface area contributed by atoms with E-state index in [1.54, 1.807) is 32.2 Å². The Hall–Kier alpha value is -2.63. The fourth-order valence-corrected chi connectivity index (χ4v) is 1.88. The summed E-state index contributed by atoms with van der Waals surface area (Å²) in [7, 11) is 1.57. The highest BCUT2D eigenvalue weighted by Gasteiger charge is 2.03. The third kappa shape index (κ3) is 4.17. The van der Waals surface area contributed by atoms with Crippen molar-refractivity contribution in [3.05, 3.63) is 47.3 Å². The van der Waals surface area contributed by atoms with E-state index >= 15 is 0 Å². The molecule has 2 N–H and O–H groups in total. The maximum Gasteiger partial charge on any atom is 0.335 e. The van der Waals surface area contributed by atoms with Crippen molar-refractivity contribution in [1.82, 2.24) is 9.97 Å². The van der Waals surface area contributed by atoms with Gasteiger partial charge in [0.15, 0.2) is 0 Å². The van der Waals surface area contributed by atoms with E-state index < -0.39 is 5.97 Å². The Kier molecular flexibility index (Phi) is 4.71. The molecule has 2 aromatic rings. The molecule has 0 aliphatic heterocycles. The third-order valence-electron chi connectivity index (χ3n) is 2.94. The summed E-state index contributed by atoms with van der Waals surface area (Å²) in [4.78, 5) is 19.2. The first kappa shape index (κ1) is 14.8. The predicted octanol–water partition coefficient (Wildman–Crippen LogP) is 2.15. The Morgan fingerprint density at radius 1 is 1.29 bits per heavy atom. The van der Waals surface area contributed by atoms with Crippen LogP contribution >= 0.6 is 0 Å². The maximum atomic E-state index is 10.8. The molecular formula is C15H17N3O3. The molecule has 0 unspecified atom stereocenters. The summed E-state index contributed by atoms with van der Waals surface area (Å²) in [5.74, 6) is 0.961. The number of aromatic carboxylic acids is 1. The summed E-state index contributed by atoms with van der Waals surface area (Å²) < 4.78 is 5.09. The van der Waals surface area contributed by atoms with Crippen molar-refractivity contribution >= 4 is 11.8 Å². The molecule has 6 nitrogen and oxygen atoms in total. The molecule has 0 atom stereocenters. The van der Waals surface area contributed by atoms with Crippen LogP contribution in [0.1, 0.15) is 21.7 Å². The number of hydrogen-bond acceptors (Lipinski definition) is 5. The van der Waals surface area contributed by atoms with Crippen LogP contribution in [0.3, 0.4) is 0 Å². The molecular weight excluding hydrogens is 270 g/mol. The largest absolute Gasteiger partial charge is 0.481 e. The number of nitrogens with one attached hydrogen (secondary N) is 1. The Morgan fingerprint density at radius 2 is 2.00 bits per heavy atom. The minimum Gasteiger partial charge on any atom is -0.481 e. The number of carboxylic acids is 1.